The van der Waals surface area contributed by atoms with Crippen molar-refractivity contribution in [1.82, 2.24) is 10.6 Å². The molecular weight excluding hydrogens is 304 g/mol. The highest BCUT2D eigenvalue weighted by Gasteiger charge is 2.07. The zero-order chi connectivity index (χ0) is 17.4. The molecule has 0 radical (unpaired) electrons. The molecule has 0 saturated carbocycles. The summed E-state index contributed by atoms with van der Waals surface area (Å²) in [5.74, 6) is 1.04. The first kappa shape index (κ1) is 17.7. The number of rotatable bonds is 7. The minimum Gasteiger partial charge on any atom is -0.508 e. The zero-order valence-electron chi connectivity index (χ0n) is 14.1. The molecule has 0 fully saturated rings. The maximum atomic E-state index is 12.0. The van der Waals surface area contributed by atoms with E-state index >= 15 is 0 Å². The number of hydrogen-bond acceptors (Lipinski definition) is 3. The standard InChI is InChI=1S/C19H24N2O3/c1-14(6-7-15-8-10-17(22)11-9-15)21-19(23)20-13-16-4-3-5-18(12-16)24-2/h3-5,8-12,14,22H,6-7,13H2,1-2H3,(H2,20,21,23). The number of aromatic hydroxyl groups is 1. The van der Waals surface area contributed by atoms with Gasteiger partial charge in [0.1, 0.15) is 11.5 Å². The number of phenolic OH excluding ortho intramolecular Hbond substituents is 1. The summed E-state index contributed by atoms with van der Waals surface area (Å²) in [6.07, 6.45) is 1.68. The molecule has 2 rings (SSSR count). The monoisotopic (exact) mass is 328 g/mol. The van der Waals surface area contributed by atoms with Gasteiger partial charge in [0.2, 0.25) is 0 Å². The van der Waals surface area contributed by atoms with Crippen molar-refractivity contribution in [2.24, 2.45) is 0 Å². The number of methoxy groups -OCH3 is 1. The van der Waals surface area contributed by atoms with Crippen LogP contribution in [0.3, 0.4) is 0 Å². The van der Waals surface area contributed by atoms with E-state index in [9.17, 15) is 9.90 Å². The van der Waals surface area contributed by atoms with E-state index in [-0.39, 0.29) is 17.8 Å². The van der Waals surface area contributed by atoms with Crippen molar-refractivity contribution in [2.75, 3.05) is 7.11 Å². The second-order valence-corrected chi connectivity index (χ2v) is 5.78. The molecule has 0 aliphatic carbocycles. The van der Waals surface area contributed by atoms with Gasteiger partial charge >= 0.3 is 6.03 Å². The Labute approximate surface area is 142 Å². The number of aryl methyl sites for hydroxylation is 1. The highest BCUT2D eigenvalue weighted by Crippen LogP contribution is 2.13. The van der Waals surface area contributed by atoms with Crippen molar-refractivity contribution in [3.8, 4) is 11.5 Å². The van der Waals surface area contributed by atoms with Crippen LogP contribution in [0.2, 0.25) is 0 Å². The van der Waals surface area contributed by atoms with Crippen molar-refractivity contribution in [2.45, 2.75) is 32.4 Å². The van der Waals surface area contributed by atoms with Crippen molar-refractivity contribution < 1.29 is 14.6 Å². The molecule has 24 heavy (non-hydrogen) atoms. The average Bonchev–Trinajstić information content (AvgIpc) is 2.59. The van der Waals surface area contributed by atoms with Crippen molar-refractivity contribution in [1.29, 1.82) is 0 Å². The van der Waals surface area contributed by atoms with Crippen molar-refractivity contribution >= 4 is 6.03 Å². The average molecular weight is 328 g/mol. The van der Waals surface area contributed by atoms with Gasteiger partial charge in [0, 0.05) is 12.6 Å². The Morgan fingerprint density at radius 1 is 1.17 bits per heavy atom. The third kappa shape index (κ3) is 5.83. The number of carbonyl (C=O) groups is 1. The Hall–Kier alpha value is -2.69. The number of hydrogen-bond donors (Lipinski definition) is 3. The number of nitrogens with one attached hydrogen (secondary N) is 2. The van der Waals surface area contributed by atoms with Crippen LogP contribution in [-0.4, -0.2) is 24.3 Å². The van der Waals surface area contributed by atoms with Gasteiger partial charge in [0.25, 0.3) is 0 Å². The molecule has 128 valence electrons. The van der Waals surface area contributed by atoms with Crippen LogP contribution in [0.4, 0.5) is 4.79 Å². The molecule has 0 spiro atoms. The smallest absolute Gasteiger partial charge is 0.315 e. The minimum atomic E-state index is -0.184. The summed E-state index contributed by atoms with van der Waals surface area (Å²) in [7, 11) is 1.62. The van der Waals surface area contributed by atoms with Gasteiger partial charge in [-0.2, -0.15) is 0 Å². The van der Waals surface area contributed by atoms with Crippen LogP contribution in [0.15, 0.2) is 48.5 Å². The molecule has 5 heteroatoms. The van der Waals surface area contributed by atoms with Crippen LogP contribution in [0.5, 0.6) is 11.5 Å². The van der Waals surface area contributed by atoms with E-state index in [0.29, 0.717) is 6.54 Å². The third-order valence-electron chi connectivity index (χ3n) is 3.77. The lowest BCUT2D eigenvalue weighted by Gasteiger charge is -2.15. The van der Waals surface area contributed by atoms with Gasteiger partial charge < -0.3 is 20.5 Å². The molecule has 0 aromatic heterocycles. The van der Waals surface area contributed by atoms with Gasteiger partial charge in [-0.15, -0.1) is 0 Å². The Morgan fingerprint density at radius 2 is 1.92 bits per heavy atom. The van der Waals surface area contributed by atoms with Gasteiger partial charge in [0.05, 0.1) is 7.11 Å². The Morgan fingerprint density at radius 3 is 2.62 bits per heavy atom. The molecule has 2 aromatic carbocycles. The fraction of sp³-hybridized carbons (Fsp3) is 0.316. The van der Waals surface area contributed by atoms with Crippen molar-refractivity contribution in [3.63, 3.8) is 0 Å². The van der Waals surface area contributed by atoms with E-state index < -0.39 is 0 Å². The van der Waals surface area contributed by atoms with Crippen LogP contribution in [0, 0.1) is 0 Å². The zero-order valence-corrected chi connectivity index (χ0v) is 14.1. The van der Waals surface area contributed by atoms with Crippen LogP contribution in [-0.2, 0) is 13.0 Å². The van der Waals surface area contributed by atoms with Gasteiger partial charge in [-0.25, -0.2) is 4.79 Å². The molecular formula is C19H24N2O3. The number of ether oxygens (including phenoxy) is 1. The number of amides is 2. The van der Waals surface area contributed by atoms with Gasteiger partial charge in [0.15, 0.2) is 0 Å². The summed E-state index contributed by atoms with van der Waals surface area (Å²) < 4.78 is 5.16. The number of urea groups is 1. The highest BCUT2D eigenvalue weighted by molar-refractivity contribution is 5.74. The predicted octanol–water partition coefficient (Wildman–Crippen LogP) is 3.22. The lowest BCUT2D eigenvalue weighted by Crippen LogP contribution is -2.40. The summed E-state index contributed by atoms with van der Waals surface area (Å²) in [5, 5.41) is 15.0. The maximum Gasteiger partial charge on any atom is 0.315 e. The lowest BCUT2D eigenvalue weighted by molar-refractivity contribution is 0.237. The summed E-state index contributed by atoms with van der Waals surface area (Å²) in [5.41, 5.74) is 2.12. The molecule has 2 aromatic rings. The lowest BCUT2D eigenvalue weighted by atomic mass is 10.1. The first-order chi connectivity index (χ1) is 11.6. The van der Waals surface area contributed by atoms with Crippen LogP contribution >= 0.6 is 0 Å². The van der Waals surface area contributed by atoms with E-state index in [2.05, 4.69) is 10.6 Å². The molecule has 3 N–H and O–H groups in total. The molecule has 1 unspecified atom stereocenters. The van der Waals surface area contributed by atoms with Crippen LogP contribution in [0.1, 0.15) is 24.5 Å². The normalized spacial score (nSPS) is 11.6. The predicted molar refractivity (Wildman–Crippen MR) is 94.3 cm³/mol. The maximum absolute atomic E-state index is 12.0. The van der Waals surface area contributed by atoms with Gasteiger partial charge in [-0.1, -0.05) is 24.3 Å². The number of benzene rings is 2. The molecule has 0 bridgehead atoms. The van der Waals surface area contributed by atoms with E-state index in [1.165, 1.54) is 0 Å². The fourth-order valence-corrected chi connectivity index (χ4v) is 2.36. The van der Waals surface area contributed by atoms with E-state index in [1.54, 1.807) is 19.2 Å². The van der Waals surface area contributed by atoms with Crippen molar-refractivity contribution in [3.05, 3.63) is 59.7 Å². The highest BCUT2D eigenvalue weighted by atomic mass is 16.5. The Bertz CT molecular complexity index is 656. The molecule has 2 amide bonds. The molecule has 0 saturated heterocycles. The Balaban J connectivity index is 1.71. The molecule has 5 nitrogen and oxygen atoms in total. The van der Waals surface area contributed by atoms with Crippen LogP contribution in [0.25, 0.3) is 0 Å². The Kier molecular flexibility index (Phi) is 6.49. The van der Waals surface area contributed by atoms with Crippen LogP contribution < -0.4 is 15.4 Å². The molecule has 1 atom stereocenters. The molecule has 0 aliphatic heterocycles. The molecule has 0 aliphatic rings. The van der Waals surface area contributed by atoms with E-state index in [0.717, 1.165) is 29.7 Å². The quantitative estimate of drug-likeness (QED) is 0.731. The fourth-order valence-electron chi connectivity index (χ4n) is 2.36. The van der Waals surface area contributed by atoms with E-state index in [4.69, 9.17) is 4.74 Å². The first-order valence-electron chi connectivity index (χ1n) is 8.02. The third-order valence-corrected chi connectivity index (χ3v) is 3.77. The van der Waals surface area contributed by atoms with Gasteiger partial charge in [-0.3, -0.25) is 0 Å². The second kappa shape index (κ2) is 8.82. The van der Waals surface area contributed by atoms with Gasteiger partial charge in [-0.05, 0) is 55.2 Å². The summed E-state index contributed by atoms with van der Waals surface area (Å²) in [6.45, 7) is 2.43. The topological polar surface area (TPSA) is 70.6 Å². The molecule has 0 heterocycles. The summed E-state index contributed by atoms with van der Waals surface area (Å²) in [6, 6.07) is 14.6. The number of carbonyl (C=O) groups excluding carboxylic acids is 1. The largest absolute Gasteiger partial charge is 0.508 e. The SMILES string of the molecule is COc1cccc(CNC(=O)NC(C)CCc2ccc(O)cc2)c1. The van der Waals surface area contributed by atoms with E-state index in [1.807, 2.05) is 43.3 Å². The minimum absolute atomic E-state index is 0.0594. The number of phenols is 1. The summed E-state index contributed by atoms with van der Waals surface area (Å²) >= 11 is 0. The summed E-state index contributed by atoms with van der Waals surface area (Å²) in [4.78, 5) is 12.0. The first-order valence-corrected chi connectivity index (χ1v) is 8.02. The second-order valence-electron chi connectivity index (χ2n) is 5.78.